The second-order valence-corrected chi connectivity index (χ2v) is 15.7. The molecule has 4 saturated carbocycles. The average molecular weight is 557 g/mol. The van der Waals surface area contributed by atoms with Crippen molar-refractivity contribution >= 4 is 17.9 Å². The number of hydrogen-bond acceptors (Lipinski definition) is 6. The van der Waals surface area contributed by atoms with E-state index in [1.165, 1.54) is 26.7 Å². The second kappa shape index (κ2) is 9.33. The molecule has 0 aromatic carbocycles. The van der Waals surface area contributed by atoms with Crippen molar-refractivity contribution in [1.29, 1.82) is 0 Å². The van der Waals surface area contributed by atoms with Crippen molar-refractivity contribution in [1.82, 2.24) is 0 Å². The normalized spacial score (nSPS) is 47.3. The van der Waals surface area contributed by atoms with Crippen LogP contribution in [0.1, 0.15) is 113 Å². The van der Waals surface area contributed by atoms with Crippen molar-refractivity contribution in [2.75, 3.05) is 14.2 Å². The van der Waals surface area contributed by atoms with Crippen LogP contribution >= 0.6 is 0 Å². The van der Waals surface area contributed by atoms with E-state index in [1.54, 1.807) is 0 Å². The molecule has 0 aliphatic heterocycles. The first-order chi connectivity index (χ1) is 18.6. The predicted octanol–water partition coefficient (Wildman–Crippen LogP) is 7.05. The Bertz CT molecular complexity index is 1120. The van der Waals surface area contributed by atoms with Gasteiger partial charge in [-0.15, -0.1) is 0 Å². The zero-order valence-corrected chi connectivity index (χ0v) is 26.4. The van der Waals surface area contributed by atoms with Gasteiger partial charge in [-0.1, -0.05) is 46.3 Å². The molecular weight excluding hydrogens is 504 g/mol. The number of esters is 3. The van der Waals surface area contributed by atoms with Crippen LogP contribution in [0.2, 0.25) is 0 Å². The van der Waals surface area contributed by atoms with Gasteiger partial charge in [0.05, 0.1) is 25.0 Å². The lowest BCUT2D eigenvalue weighted by molar-refractivity contribution is -0.214. The van der Waals surface area contributed by atoms with Crippen LogP contribution in [-0.4, -0.2) is 38.2 Å². The van der Waals surface area contributed by atoms with Gasteiger partial charge in [0.2, 0.25) is 0 Å². The zero-order chi connectivity index (χ0) is 29.5. The van der Waals surface area contributed by atoms with Gasteiger partial charge in [0.1, 0.15) is 6.10 Å². The Morgan fingerprint density at radius 1 is 0.800 bits per heavy atom. The molecule has 224 valence electrons. The molecule has 6 nitrogen and oxygen atoms in total. The number of allylic oxidation sites excluding steroid dienone is 2. The SMILES string of the molecule is COC(=O)C1(C)CCC2(C(=O)OC)CCC3(C)C(=CCC4C5(C)CCC(OC(C)=O)C(C)(C)C5CCC43C)C2C1. The largest absolute Gasteiger partial charge is 0.469 e. The first-order valence-corrected chi connectivity index (χ1v) is 15.6. The predicted molar refractivity (Wildman–Crippen MR) is 153 cm³/mol. The van der Waals surface area contributed by atoms with Gasteiger partial charge < -0.3 is 14.2 Å². The summed E-state index contributed by atoms with van der Waals surface area (Å²) in [7, 11) is 2.99. The fourth-order valence-corrected chi connectivity index (χ4v) is 11.5. The van der Waals surface area contributed by atoms with Crippen molar-refractivity contribution in [3.63, 3.8) is 0 Å². The summed E-state index contributed by atoms with van der Waals surface area (Å²) >= 11 is 0. The van der Waals surface area contributed by atoms with E-state index in [9.17, 15) is 14.4 Å². The van der Waals surface area contributed by atoms with Crippen molar-refractivity contribution in [3.05, 3.63) is 11.6 Å². The van der Waals surface area contributed by atoms with Gasteiger partial charge in [-0.05, 0) is 105 Å². The number of ether oxygens (including phenoxy) is 3. The Morgan fingerprint density at radius 2 is 1.45 bits per heavy atom. The minimum Gasteiger partial charge on any atom is -0.469 e. The van der Waals surface area contributed by atoms with Crippen LogP contribution in [-0.2, 0) is 28.6 Å². The summed E-state index contributed by atoms with van der Waals surface area (Å²) in [5, 5.41) is 0. The zero-order valence-electron chi connectivity index (χ0n) is 26.4. The Balaban J connectivity index is 1.56. The van der Waals surface area contributed by atoms with E-state index in [0.717, 1.165) is 44.9 Å². The number of fused-ring (bicyclic) bond motifs is 7. The molecule has 0 spiro atoms. The van der Waals surface area contributed by atoms with Gasteiger partial charge in [0.25, 0.3) is 0 Å². The van der Waals surface area contributed by atoms with Crippen LogP contribution in [0.15, 0.2) is 11.6 Å². The van der Waals surface area contributed by atoms with Crippen molar-refractivity contribution in [2.45, 2.75) is 119 Å². The monoisotopic (exact) mass is 556 g/mol. The minimum absolute atomic E-state index is 0.0176. The molecule has 0 radical (unpaired) electrons. The van der Waals surface area contributed by atoms with Crippen molar-refractivity contribution in [2.24, 2.45) is 50.2 Å². The summed E-state index contributed by atoms with van der Waals surface area (Å²) < 4.78 is 16.6. The Labute approximate surface area is 241 Å². The molecule has 0 heterocycles. The molecule has 40 heavy (non-hydrogen) atoms. The molecule has 0 N–H and O–H groups in total. The molecule has 0 saturated heterocycles. The molecule has 9 unspecified atom stereocenters. The van der Waals surface area contributed by atoms with E-state index in [1.807, 2.05) is 6.92 Å². The molecule has 6 heteroatoms. The quantitative estimate of drug-likeness (QED) is 0.211. The number of hydrogen-bond donors (Lipinski definition) is 0. The smallest absolute Gasteiger partial charge is 0.312 e. The molecule has 0 aromatic rings. The van der Waals surface area contributed by atoms with Gasteiger partial charge in [0, 0.05) is 12.3 Å². The lowest BCUT2D eigenvalue weighted by Gasteiger charge is -2.71. The van der Waals surface area contributed by atoms with Crippen LogP contribution in [0.25, 0.3) is 0 Å². The van der Waals surface area contributed by atoms with Crippen LogP contribution in [0, 0.1) is 50.2 Å². The molecule has 5 rings (SSSR count). The molecule has 9 atom stereocenters. The molecular formula is C34H52O6. The maximum atomic E-state index is 13.5. The maximum absolute atomic E-state index is 13.5. The van der Waals surface area contributed by atoms with Gasteiger partial charge in [-0.3, -0.25) is 14.4 Å². The third-order valence-electron chi connectivity index (χ3n) is 13.9. The lowest BCUT2D eigenvalue weighted by atomic mass is 9.33. The summed E-state index contributed by atoms with van der Waals surface area (Å²) in [6.07, 6.45) is 11.4. The highest BCUT2D eigenvalue weighted by molar-refractivity contribution is 5.81. The highest BCUT2D eigenvalue weighted by Crippen LogP contribution is 2.76. The third kappa shape index (κ3) is 3.75. The van der Waals surface area contributed by atoms with Gasteiger partial charge in [0.15, 0.2) is 0 Å². The number of rotatable bonds is 3. The molecule has 5 aliphatic carbocycles. The highest BCUT2D eigenvalue weighted by Gasteiger charge is 2.70. The third-order valence-corrected chi connectivity index (χ3v) is 13.9. The van der Waals surface area contributed by atoms with E-state index in [2.05, 4.69) is 40.7 Å². The fourth-order valence-electron chi connectivity index (χ4n) is 11.5. The average Bonchev–Trinajstić information content (AvgIpc) is 2.89. The summed E-state index contributed by atoms with van der Waals surface area (Å²) in [6.45, 7) is 15.7. The first-order valence-electron chi connectivity index (χ1n) is 15.6. The topological polar surface area (TPSA) is 78.9 Å². The maximum Gasteiger partial charge on any atom is 0.312 e. The lowest BCUT2D eigenvalue weighted by Crippen LogP contribution is -2.65. The molecule has 4 fully saturated rings. The standard InChI is InChI=1S/C34H52O6/c1-21(35)40-26-13-14-31(5)24(29(26,2)3)12-15-33(7)25(31)11-10-22-23-20-30(4,27(36)38-8)16-18-34(23,28(37)39-9)19-17-32(22,33)6/h10,23-26H,11-20H2,1-9H3. The number of carbonyl (C=O) groups excluding carboxylic acids is 3. The van der Waals surface area contributed by atoms with Crippen LogP contribution in [0.5, 0.6) is 0 Å². The number of carbonyl (C=O) groups is 3. The summed E-state index contributed by atoms with van der Waals surface area (Å²) in [5.74, 6) is 0.509. The van der Waals surface area contributed by atoms with E-state index in [0.29, 0.717) is 31.1 Å². The summed E-state index contributed by atoms with van der Waals surface area (Å²) in [4.78, 5) is 38.5. The van der Waals surface area contributed by atoms with E-state index in [4.69, 9.17) is 14.2 Å². The molecule has 5 aliphatic rings. The van der Waals surface area contributed by atoms with E-state index < -0.39 is 10.8 Å². The van der Waals surface area contributed by atoms with Crippen LogP contribution in [0.4, 0.5) is 0 Å². The fraction of sp³-hybridized carbons (Fsp3) is 0.853. The van der Waals surface area contributed by atoms with Gasteiger partial charge in [-0.2, -0.15) is 0 Å². The van der Waals surface area contributed by atoms with E-state index >= 15 is 0 Å². The van der Waals surface area contributed by atoms with E-state index in [-0.39, 0.29) is 51.6 Å². The minimum atomic E-state index is -0.601. The number of methoxy groups -OCH3 is 2. The second-order valence-electron chi connectivity index (χ2n) is 15.7. The van der Waals surface area contributed by atoms with Crippen LogP contribution in [0.3, 0.4) is 0 Å². The summed E-state index contributed by atoms with van der Waals surface area (Å²) in [6, 6.07) is 0. The first kappa shape index (κ1) is 29.6. The Kier molecular flexibility index (Phi) is 6.91. The van der Waals surface area contributed by atoms with Gasteiger partial charge >= 0.3 is 17.9 Å². The molecule has 0 amide bonds. The van der Waals surface area contributed by atoms with Crippen molar-refractivity contribution in [3.8, 4) is 0 Å². The molecule has 0 bridgehead atoms. The van der Waals surface area contributed by atoms with Crippen LogP contribution < -0.4 is 0 Å². The Morgan fingerprint density at radius 3 is 2.08 bits per heavy atom. The van der Waals surface area contributed by atoms with Crippen molar-refractivity contribution < 1.29 is 28.6 Å². The Hall–Kier alpha value is -1.85. The summed E-state index contributed by atoms with van der Waals surface area (Å²) in [5.41, 5.74) is 0.308. The van der Waals surface area contributed by atoms with Gasteiger partial charge in [-0.25, -0.2) is 0 Å². The molecule has 0 aromatic heterocycles. The highest BCUT2D eigenvalue weighted by atomic mass is 16.5.